The zero-order valence-corrected chi connectivity index (χ0v) is 19.8. The summed E-state index contributed by atoms with van der Waals surface area (Å²) in [6, 6.07) is 13.1. The Labute approximate surface area is 198 Å². The van der Waals surface area contributed by atoms with Gasteiger partial charge in [0.15, 0.2) is 5.13 Å². The van der Waals surface area contributed by atoms with Gasteiger partial charge in [0.2, 0.25) is 5.91 Å². The molecule has 0 aliphatic carbocycles. The summed E-state index contributed by atoms with van der Waals surface area (Å²) in [6.07, 6.45) is 0.167. The standard InChI is InChI=1S/C23H20ClN3O3S2/c1-14-3-8-20(29-2)18(9-14)19-13-32-23(26-19)27-21(28)10-16-12-31-22(25-16)11-30-17-6-4-15(24)5-7-17/h3-9,12-13H,10-11H2,1-2H3,(H,26,27,28). The van der Waals surface area contributed by atoms with Gasteiger partial charge in [-0.05, 0) is 43.3 Å². The van der Waals surface area contributed by atoms with Crippen LogP contribution in [0, 0.1) is 6.92 Å². The first kappa shape index (κ1) is 22.3. The fourth-order valence-corrected chi connectivity index (χ4v) is 4.53. The Hall–Kier alpha value is -2.94. The maximum Gasteiger partial charge on any atom is 0.232 e. The molecular formula is C23H20ClN3O3S2. The number of carbonyl (C=O) groups excluding carboxylic acids is 1. The van der Waals surface area contributed by atoms with Crippen molar-refractivity contribution in [3.63, 3.8) is 0 Å². The second kappa shape index (κ2) is 10.1. The van der Waals surface area contributed by atoms with Crippen LogP contribution < -0.4 is 14.8 Å². The average molecular weight is 486 g/mol. The van der Waals surface area contributed by atoms with Crippen molar-refractivity contribution < 1.29 is 14.3 Å². The van der Waals surface area contributed by atoms with Crippen LogP contribution in [0.15, 0.2) is 53.2 Å². The monoisotopic (exact) mass is 485 g/mol. The first-order valence-electron chi connectivity index (χ1n) is 9.72. The number of aromatic nitrogens is 2. The maximum absolute atomic E-state index is 12.5. The van der Waals surface area contributed by atoms with Crippen LogP contribution in [0.25, 0.3) is 11.3 Å². The average Bonchev–Trinajstić information content (AvgIpc) is 3.43. The number of nitrogens with one attached hydrogen (secondary N) is 1. The first-order chi connectivity index (χ1) is 15.5. The summed E-state index contributed by atoms with van der Waals surface area (Å²) >= 11 is 8.71. The molecule has 2 aromatic heterocycles. The third-order valence-electron chi connectivity index (χ3n) is 4.50. The summed E-state index contributed by atoms with van der Waals surface area (Å²) < 4.78 is 11.1. The van der Waals surface area contributed by atoms with Crippen LogP contribution in [-0.2, 0) is 17.8 Å². The predicted molar refractivity (Wildman–Crippen MR) is 129 cm³/mol. The molecule has 0 bridgehead atoms. The van der Waals surface area contributed by atoms with E-state index in [0.29, 0.717) is 28.2 Å². The zero-order valence-electron chi connectivity index (χ0n) is 17.4. The molecule has 0 unspecified atom stereocenters. The molecule has 6 nitrogen and oxygen atoms in total. The number of benzene rings is 2. The lowest BCUT2D eigenvalue weighted by atomic mass is 10.1. The Morgan fingerprint density at radius 3 is 2.69 bits per heavy atom. The van der Waals surface area contributed by atoms with Gasteiger partial charge in [-0.25, -0.2) is 9.97 Å². The summed E-state index contributed by atoms with van der Waals surface area (Å²) in [5, 5.41) is 8.62. The van der Waals surface area contributed by atoms with Crippen LogP contribution in [0.4, 0.5) is 5.13 Å². The number of halogens is 1. The SMILES string of the molecule is COc1ccc(C)cc1-c1csc(NC(=O)Cc2csc(COc3ccc(Cl)cc3)n2)n1. The number of aryl methyl sites for hydroxylation is 1. The van der Waals surface area contributed by atoms with Gasteiger partial charge in [0, 0.05) is 21.3 Å². The van der Waals surface area contributed by atoms with E-state index in [1.54, 1.807) is 31.4 Å². The minimum Gasteiger partial charge on any atom is -0.496 e. The molecule has 0 radical (unpaired) electrons. The highest BCUT2D eigenvalue weighted by molar-refractivity contribution is 7.14. The minimum atomic E-state index is -0.169. The Morgan fingerprint density at radius 2 is 1.91 bits per heavy atom. The lowest BCUT2D eigenvalue weighted by molar-refractivity contribution is -0.115. The van der Waals surface area contributed by atoms with Crippen molar-refractivity contribution in [1.29, 1.82) is 0 Å². The smallest absolute Gasteiger partial charge is 0.232 e. The molecule has 164 valence electrons. The highest BCUT2D eigenvalue weighted by atomic mass is 35.5. The topological polar surface area (TPSA) is 73.3 Å². The fourth-order valence-electron chi connectivity index (χ4n) is 2.98. The molecule has 0 aliphatic heterocycles. The summed E-state index contributed by atoms with van der Waals surface area (Å²) in [7, 11) is 1.63. The molecule has 1 amide bonds. The van der Waals surface area contributed by atoms with Gasteiger partial charge in [-0.2, -0.15) is 0 Å². The second-order valence-corrected chi connectivity index (χ2v) is 9.18. The third kappa shape index (κ3) is 5.64. The van der Waals surface area contributed by atoms with Gasteiger partial charge in [0.1, 0.15) is 23.1 Å². The largest absolute Gasteiger partial charge is 0.496 e. The number of methoxy groups -OCH3 is 1. The van der Waals surface area contributed by atoms with Gasteiger partial charge in [-0.15, -0.1) is 22.7 Å². The molecule has 2 heterocycles. The van der Waals surface area contributed by atoms with Gasteiger partial charge < -0.3 is 14.8 Å². The molecule has 0 fully saturated rings. The number of nitrogens with zero attached hydrogens (tertiary/aromatic N) is 2. The second-order valence-electron chi connectivity index (χ2n) is 6.94. The van der Waals surface area contributed by atoms with Gasteiger partial charge in [-0.3, -0.25) is 4.79 Å². The van der Waals surface area contributed by atoms with E-state index in [-0.39, 0.29) is 12.3 Å². The molecule has 4 rings (SSSR count). The normalized spacial score (nSPS) is 10.7. The Balaban J connectivity index is 1.34. The lowest BCUT2D eigenvalue weighted by Crippen LogP contribution is -2.14. The highest BCUT2D eigenvalue weighted by Crippen LogP contribution is 2.33. The summed E-state index contributed by atoms with van der Waals surface area (Å²) in [5.74, 6) is 1.29. The number of hydrogen-bond donors (Lipinski definition) is 1. The predicted octanol–water partition coefficient (Wildman–Crippen LogP) is 6.00. The number of ether oxygens (including phenoxy) is 2. The Morgan fingerprint density at radius 1 is 1.09 bits per heavy atom. The van der Waals surface area contributed by atoms with Gasteiger partial charge in [0.05, 0.1) is 24.9 Å². The Bertz CT molecular complexity index is 1220. The van der Waals surface area contributed by atoms with E-state index >= 15 is 0 Å². The molecule has 0 saturated carbocycles. The van der Waals surface area contributed by atoms with E-state index in [4.69, 9.17) is 21.1 Å². The van der Waals surface area contributed by atoms with Crippen LogP contribution in [0.2, 0.25) is 5.02 Å². The molecule has 0 spiro atoms. The van der Waals surface area contributed by atoms with Crippen molar-refractivity contribution >= 4 is 45.3 Å². The summed E-state index contributed by atoms with van der Waals surface area (Å²) in [4.78, 5) is 21.5. The fraction of sp³-hybridized carbons (Fsp3) is 0.174. The lowest BCUT2D eigenvalue weighted by Gasteiger charge is -2.07. The van der Waals surface area contributed by atoms with E-state index in [1.807, 2.05) is 35.9 Å². The molecule has 0 aliphatic rings. The zero-order chi connectivity index (χ0) is 22.5. The van der Waals surface area contributed by atoms with Crippen molar-refractivity contribution in [3.8, 4) is 22.8 Å². The van der Waals surface area contributed by atoms with E-state index < -0.39 is 0 Å². The molecule has 4 aromatic rings. The number of amides is 1. The molecule has 0 saturated heterocycles. The van der Waals surface area contributed by atoms with Crippen molar-refractivity contribution in [2.24, 2.45) is 0 Å². The van der Waals surface area contributed by atoms with Gasteiger partial charge in [-0.1, -0.05) is 23.2 Å². The molecule has 32 heavy (non-hydrogen) atoms. The number of carbonyl (C=O) groups is 1. The minimum absolute atomic E-state index is 0.167. The first-order valence-corrected chi connectivity index (χ1v) is 11.9. The van der Waals surface area contributed by atoms with Crippen molar-refractivity contribution in [3.05, 3.63) is 74.5 Å². The highest BCUT2D eigenvalue weighted by Gasteiger charge is 2.14. The van der Waals surface area contributed by atoms with Crippen molar-refractivity contribution in [2.75, 3.05) is 12.4 Å². The van der Waals surface area contributed by atoms with Crippen LogP contribution in [0.1, 0.15) is 16.3 Å². The number of hydrogen-bond acceptors (Lipinski definition) is 7. The Kier molecular flexibility index (Phi) is 7.04. The molecule has 2 aromatic carbocycles. The van der Waals surface area contributed by atoms with E-state index in [2.05, 4.69) is 15.3 Å². The number of rotatable bonds is 8. The van der Waals surface area contributed by atoms with Crippen molar-refractivity contribution in [1.82, 2.24) is 9.97 Å². The van der Waals surface area contributed by atoms with Crippen LogP contribution in [0.3, 0.4) is 0 Å². The van der Waals surface area contributed by atoms with Gasteiger partial charge in [0.25, 0.3) is 0 Å². The van der Waals surface area contributed by atoms with Crippen molar-refractivity contribution in [2.45, 2.75) is 20.0 Å². The summed E-state index contributed by atoms with van der Waals surface area (Å²) in [5.41, 5.74) is 3.47. The number of thiazole rings is 2. The van der Waals surface area contributed by atoms with Crippen LogP contribution in [0.5, 0.6) is 11.5 Å². The van der Waals surface area contributed by atoms with E-state index in [1.165, 1.54) is 22.7 Å². The third-order valence-corrected chi connectivity index (χ3v) is 6.38. The molecule has 0 atom stereocenters. The molecule has 1 N–H and O–H groups in total. The van der Waals surface area contributed by atoms with E-state index in [0.717, 1.165) is 27.6 Å². The van der Waals surface area contributed by atoms with Gasteiger partial charge >= 0.3 is 0 Å². The summed E-state index contributed by atoms with van der Waals surface area (Å²) in [6.45, 7) is 2.35. The van der Waals surface area contributed by atoms with E-state index in [9.17, 15) is 4.79 Å². The molecular weight excluding hydrogens is 466 g/mol. The maximum atomic E-state index is 12.5. The van der Waals surface area contributed by atoms with Crippen LogP contribution in [-0.4, -0.2) is 23.0 Å². The quantitative estimate of drug-likeness (QED) is 0.331. The number of anilines is 1. The van der Waals surface area contributed by atoms with Crippen LogP contribution >= 0.6 is 34.3 Å². The molecule has 9 heteroatoms.